The lowest BCUT2D eigenvalue weighted by molar-refractivity contribution is -0.117. The number of hydrogen-bond acceptors (Lipinski definition) is 3. The average molecular weight is 344 g/mol. The normalized spacial score (nSPS) is 21.4. The summed E-state index contributed by atoms with van der Waals surface area (Å²) in [6.07, 6.45) is 0. The Labute approximate surface area is 150 Å². The molecule has 2 unspecified atom stereocenters. The van der Waals surface area contributed by atoms with E-state index in [2.05, 4.69) is 23.1 Å². The van der Waals surface area contributed by atoms with Gasteiger partial charge in [-0.05, 0) is 29.8 Å². The predicted octanol–water partition coefficient (Wildman–Crippen LogP) is 4.94. The zero-order valence-electron chi connectivity index (χ0n) is 13.4. The number of carbonyl (C=O) groups is 1. The highest BCUT2D eigenvalue weighted by Gasteiger charge is 2.50. The van der Waals surface area contributed by atoms with E-state index in [1.165, 1.54) is 0 Å². The summed E-state index contributed by atoms with van der Waals surface area (Å²) in [5.41, 5.74) is 4.21. The molecule has 1 saturated heterocycles. The second-order valence-electron chi connectivity index (χ2n) is 6.16. The fourth-order valence-corrected chi connectivity index (χ4v) is 5.07. The summed E-state index contributed by atoms with van der Waals surface area (Å²) in [5, 5.41) is -0.161. The molecule has 2 atom stereocenters. The van der Waals surface area contributed by atoms with Crippen LogP contribution in [0.25, 0.3) is 0 Å². The fourth-order valence-electron chi connectivity index (χ4n) is 3.58. The van der Waals surface area contributed by atoms with Gasteiger partial charge in [0.25, 0.3) is 0 Å². The van der Waals surface area contributed by atoms with E-state index < -0.39 is 0 Å². The van der Waals surface area contributed by atoms with Crippen LogP contribution in [0.1, 0.15) is 10.8 Å². The summed E-state index contributed by atoms with van der Waals surface area (Å²) < 4.78 is 0. The number of benzene rings is 3. The lowest BCUT2D eigenvalue weighted by Crippen LogP contribution is -2.36. The summed E-state index contributed by atoms with van der Waals surface area (Å²) in [5.74, 6) is 0.159. The number of carbonyl (C=O) groups excluding carboxylic acids is 1. The van der Waals surface area contributed by atoms with Crippen molar-refractivity contribution >= 4 is 34.7 Å². The van der Waals surface area contributed by atoms with Crippen molar-refractivity contribution in [2.75, 3.05) is 9.80 Å². The molecule has 0 aliphatic carbocycles. The predicted molar refractivity (Wildman–Crippen MR) is 103 cm³/mol. The van der Waals surface area contributed by atoms with Crippen molar-refractivity contribution in [3.63, 3.8) is 0 Å². The Morgan fingerprint density at radius 3 is 1.92 bits per heavy atom. The van der Waals surface area contributed by atoms with Crippen molar-refractivity contribution in [2.45, 2.75) is 10.7 Å². The Balaban J connectivity index is 1.62. The quantitative estimate of drug-likeness (QED) is 0.658. The molecule has 2 aliphatic heterocycles. The van der Waals surface area contributed by atoms with Crippen molar-refractivity contribution in [1.29, 1.82) is 0 Å². The van der Waals surface area contributed by atoms with Crippen molar-refractivity contribution in [2.24, 2.45) is 0 Å². The van der Waals surface area contributed by atoms with E-state index in [-0.39, 0.29) is 16.7 Å². The van der Waals surface area contributed by atoms with E-state index in [0.29, 0.717) is 0 Å². The minimum atomic E-state index is -0.161. The van der Waals surface area contributed by atoms with Crippen LogP contribution in [0.4, 0.5) is 17.1 Å². The van der Waals surface area contributed by atoms with Crippen molar-refractivity contribution in [3.8, 4) is 0 Å². The number of fused-ring (bicyclic) bond motifs is 3. The Morgan fingerprint density at radius 1 is 0.680 bits per heavy atom. The number of amides is 1. The highest BCUT2D eigenvalue weighted by atomic mass is 32.2. The summed E-state index contributed by atoms with van der Waals surface area (Å²) in [6, 6.07) is 28.5. The van der Waals surface area contributed by atoms with Gasteiger partial charge in [0.15, 0.2) is 5.50 Å². The van der Waals surface area contributed by atoms with Crippen molar-refractivity contribution in [3.05, 3.63) is 90.5 Å². The highest BCUT2D eigenvalue weighted by molar-refractivity contribution is 8.01. The van der Waals surface area contributed by atoms with Crippen LogP contribution in [0.15, 0.2) is 84.9 Å². The molecule has 0 bridgehead atoms. The van der Waals surface area contributed by atoms with Gasteiger partial charge in [0.2, 0.25) is 5.91 Å². The molecule has 1 fully saturated rings. The molecular formula is C21H16N2OS. The molecular weight excluding hydrogens is 328 g/mol. The van der Waals surface area contributed by atoms with Gasteiger partial charge in [-0.1, -0.05) is 72.4 Å². The van der Waals surface area contributed by atoms with Crippen LogP contribution >= 0.6 is 11.8 Å². The van der Waals surface area contributed by atoms with Gasteiger partial charge in [-0.2, -0.15) is 0 Å². The van der Waals surface area contributed by atoms with Gasteiger partial charge >= 0.3 is 0 Å². The highest BCUT2D eigenvalue weighted by Crippen LogP contribution is 2.55. The zero-order valence-corrected chi connectivity index (χ0v) is 14.3. The number of nitrogens with zero attached hydrogens (tertiary/aromatic N) is 2. The number of anilines is 3. The Hall–Kier alpha value is -2.72. The third-order valence-corrected chi connectivity index (χ3v) is 6.11. The van der Waals surface area contributed by atoms with E-state index in [4.69, 9.17) is 0 Å². The average Bonchev–Trinajstić information content (AvgIpc) is 3.18. The summed E-state index contributed by atoms with van der Waals surface area (Å²) in [4.78, 5) is 17.4. The van der Waals surface area contributed by atoms with Gasteiger partial charge in [0.1, 0.15) is 5.25 Å². The Kier molecular flexibility index (Phi) is 3.31. The minimum absolute atomic E-state index is 0.0440. The van der Waals surface area contributed by atoms with Gasteiger partial charge in [0, 0.05) is 5.69 Å². The molecule has 0 saturated carbocycles. The van der Waals surface area contributed by atoms with E-state index in [0.717, 1.165) is 22.6 Å². The fraction of sp³-hybridized carbons (Fsp3) is 0.0952. The molecule has 3 nitrogen and oxygen atoms in total. The van der Waals surface area contributed by atoms with E-state index in [9.17, 15) is 4.79 Å². The molecule has 4 heteroatoms. The van der Waals surface area contributed by atoms with Crippen molar-refractivity contribution in [1.82, 2.24) is 0 Å². The van der Waals surface area contributed by atoms with Crippen LogP contribution < -0.4 is 9.80 Å². The molecule has 2 heterocycles. The molecule has 5 rings (SSSR count). The minimum Gasteiger partial charge on any atom is -0.309 e. The smallest absolute Gasteiger partial charge is 0.247 e. The third-order valence-electron chi connectivity index (χ3n) is 4.70. The molecule has 0 N–H and O–H groups in total. The zero-order chi connectivity index (χ0) is 16.8. The topological polar surface area (TPSA) is 23.6 Å². The Morgan fingerprint density at radius 2 is 1.24 bits per heavy atom. The monoisotopic (exact) mass is 344 g/mol. The first kappa shape index (κ1) is 14.6. The molecule has 2 aliphatic rings. The number of rotatable bonds is 2. The molecule has 3 aromatic rings. The van der Waals surface area contributed by atoms with Crippen LogP contribution in [0.3, 0.4) is 0 Å². The maximum absolute atomic E-state index is 13.2. The molecule has 0 aromatic heterocycles. The third kappa shape index (κ3) is 2.18. The molecule has 122 valence electrons. The SMILES string of the molecule is O=C1C(c2ccccc2)SC2N1c1ccccc1N2c1ccccc1. The standard InChI is InChI=1S/C21H16N2OS/c24-20-19(15-9-3-1-4-10-15)25-21-22(16-11-5-2-6-12-16)17-13-7-8-14-18(17)23(20)21/h1-14,19,21H. The van der Waals surface area contributed by atoms with Crippen LogP contribution in [0, 0.1) is 0 Å². The van der Waals surface area contributed by atoms with Crippen LogP contribution in [0.5, 0.6) is 0 Å². The Bertz CT molecular complexity index is 929. The molecule has 25 heavy (non-hydrogen) atoms. The number of para-hydroxylation sites is 3. The summed E-state index contributed by atoms with van der Waals surface area (Å²) in [7, 11) is 0. The molecule has 0 spiro atoms. The van der Waals surface area contributed by atoms with Crippen LogP contribution in [0.2, 0.25) is 0 Å². The van der Waals surface area contributed by atoms with Gasteiger partial charge < -0.3 is 4.90 Å². The van der Waals surface area contributed by atoms with Crippen molar-refractivity contribution < 1.29 is 4.79 Å². The molecule has 0 radical (unpaired) electrons. The lowest BCUT2D eigenvalue weighted by Gasteiger charge is -2.25. The van der Waals surface area contributed by atoms with Gasteiger partial charge in [-0.25, -0.2) is 0 Å². The second kappa shape index (κ2) is 5.67. The first-order valence-electron chi connectivity index (χ1n) is 8.31. The summed E-state index contributed by atoms with van der Waals surface area (Å²) in [6.45, 7) is 0. The van der Waals surface area contributed by atoms with Crippen LogP contribution in [-0.2, 0) is 4.79 Å². The van der Waals surface area contributed by atoms with E-state index >= 15 is 0 Å². The first-order valence-corrected chi connectivity index (χ1v) is 9.26. The van der Waals surface area contributed by atoms with Gasteiger partial charge in [-0.3, -0.25) is 9.69 Å². The first-order chi connectivity index (χ1) is 12.3. The molecule has 3 aromatic carbocycles. The lowest BCUT2D eigenvalue weighted by atomic mass is 10.1. The van der Waals surface area contributed by atoms with Gasteiger partial charge in [-0.15, -0.1) is 0 Å². The molecule has 1 amide bonds. The second-order valence-corrected chi connectivity index (χ2v) is 7.32. The number of hydrogen-bond donors (Lipinski definition) is 0. The van der Waals surface area contributed by atoms with E-state index in [1.807, 2.05) is 71.6 Å². The maximum atomic E-state index is 13.2. The summed E-state index contributed by atoms with van der Waals surface area (Å²) >= 11 is 1.70. The van der Waals surface area contributed by atoms with Gasteiger partial charge in [0.05, 0.1) is 11.4 Å². The largest absolute Gasteiger partial charge is 0.309 e. The van der Waals surface area contributed by atoms with E-state index in [1.54, 1.807) is 11.8 Å². The van der Waals surface area contributed by atoms with Crippen LogP contribution in [-0.4, -0.2) is 11.4 Å². The number of thioether (sulfide) groups is 1. The maximum Gasteiger partial charge on any atom is 0.247 e.